The van der Waals surface area contributed by atoms with Crippen LogP contribution in [-0.4, -0.2) is 42.1 Å². The number of morpholine rings is 1. The van der Waals surface area contributed by atoms with Crippen molar-refractivity contribution in [3.05, 3.63) is 58.9 Å². The second-order valence-electron chi connectivity index (χ2n) is 5.38. The Morgan fingerprint density at radius 2 is 1.96 bits per heavy atom. The second-order valence-corrected chi connectivity index (χ2v) is 5.79. The molecular formula is C17H18ClN3O2. The van der Waals surface area contributed by atoms with Gasteiger partial charge in [0.05, 0.1) is 13.2 Å². The molecule has 2 heterocycles. The molecule has 0 bridgehead atoms. The number of carbonyl (C=O) groups is 1. The molecule has 1 saturated heterocycles. The van der Waals surface area contributed by atoms with Crippen molar-refractivity contribution in [2.45, 2.75) is 6.54 Å². The first-order chi connectivity index (χ1) is 11.2. The maximum absolute atomic E-state index is 12.1. The molecular weight excluding hydrogens is 314 g/mol. The van der Waals surface area contributed by atoms with Crippen molar-refractivity contribution in [3.63, 3.8) is 0 Å². The zero-order chi connectivity index (χ0) is 16.1. The molecule has 23 heavy (non-hydrogen) atoms. The number of hydrogen-bond acceptors (Lipinski definition) is 4. The highest BCUT2D eigenvalue weighted by Crippen LogP contribution is 2.23. The molecule has 0 radical (unpaired) electrons. The number of anilines is 1. The van der Waals surface area contributed by atoms with Gasteiger partial charge >= 0.3 is 0 Å². The average Bonchev–Trinajstić information content (AvgIpc) is 2.59. The van der Waals surface area contributed by atoms with E-state index in [0.717, 1.165) is 38.4 Å². The van der Waals surface area contributed by atoms with Gasteiger partial charge in [0.2, 0.25) is 0 Å². The lowest BCUT2D eigenvalue weighted by molar-refractivity contribution is 0.0342. The Hall–Kier alpha value is -1.95. The van der Waals surface area contributed by atoms with Crippen LogP contribution in [0.25, 0.3) is 0 Å². The number of rotatable bonds is 4. The summed E-state index contributed by atoms with van der Waals surface area (Å²) in [5.74, 6) is -0.176. The van der Waals surface area contributed by atoms with Gasteiger partial charge in [-0.3, -0.25) is 14.7 Å². The van der Waals surface area contributed by atoms with Crippen LogP contribution >= 0.6 is 11.6 Å². The van der Waals surface area contributed by atoms with Crippen LogP contribution in [0.4, 0.5) is 5.69 Å². The van der Waals surface area contributed by atoms with Gasteiger partial charge in [-0.15, -0.1) is 0 Å². The Morgan fingerprint density at radius 1 is 1.22 bits per heavy atom. The number of hydrogen-bond donors (Lipinski definition) is 1. The van der Waals surface area contributed by atoms with Crippen molar-refractivity contribution < 1.29 is 9.53 Å². The van der Waals surface area contributed by atoms with Gasteiger partial charge in [0.15, 0.2) is 0 Å². The summed E-state index contributed by atoms with van der Waals surface area (Å²) in [5.41, 5.74) is 2.30. The van der Waals surface area contributed by atoms with E-state index >= 15 is 0 Å². The molecule has 3 rings (SSSR count). The predicted octanol–water partition coefficient (Wildman–Crippen LogP) is 2.82. The molecule has 1 aliphatic heterocycles. The third-order valence-electron chi connectivity index (χ3n) is 3.75. The van der Waals surface area contributed by atoms with E-state index < -0.39 is 0 Å². The summed E-state index contributed by atoms with van der Waals surface area (Å²) in [4.78, 5) is 18.3. The van der Waals surface area contributed by atoms with Crippen LogP contribution in [0.5, 0.6) is 0 Å². The summed E-state index contributed by atoms with van der Waals surface area (Å²) in [5, 5.41) is 3.50. The number of pyridine rings is 1. The van der Waals surface area contributed by atoms with E-state index in [-0.39, 0.29) is 5.91 Å². The summed E-state index contributed by atoms with van der Waals surface area (Å²) >= 11 is 6.36. The number of aromatic nitrogens is 1. The normalized spacial score (nSPS) is 15.3. The Morgan fingerprint density at radius 3 is 2.65 bits per heavy atom. The fourth-order valence-electron chi connectivity index (χ4n) is 2.46. The number of nitrogens with zero attached hydrogens (tertiary/aromatic N) is 2. The van der Waals surface area contributed by atoms with Crippen molar-refractivity contribution in [2.24, 2.45) is 0 Å². The number of benzene rings is 1. The maximum Gasteiger partial charge on any atom is 0.255 e. The molecule has 1 aliphatic rings. The van der Waals surface area contributed by atoms with Gasteiger partial charge in [-0.25, -0.2) is 0 Å². The van der Waals surface area contributed by atoms with Gasteiger partial charge in [0.25, 0.3) is 5.91 Å². The SMILES string of the molecule is O=C(Nc1ccc(CN2CCOCC2)c(Cl)c1)c1ccncc1. The smallest absolute Gasteiger partial charge is 0.255 e. The molecule has 0 atom stereocenters. The van der Waals surface area contributed by atoms with Gasteiger partial charge in [0, 0.05) is 48.3 Å². The molecule has 1 amide bonds. The largest absolute Gasteiger partial charge is 0.379 e. The highest BCUT2D eigenvalue weighted by atomic mass is 35.5. The average molecular weight is 332 g/mol. The van der Waals surface area contributed by atoms with Crippen LogP contribution in [0, 0.1) is 0 Å². The van der Waals surface area contributed by atoms with E-state index in [1.807, 2.05) is 12.1 Å². The van der Waals surface area contributed by atoms with Crippen LogP contribution in [0.2, 0.25) is 5.02 Å². The van der Waals surface area contributed by atoms with Crippen molar-refractivity contribution in [1.29, 1.82) is 0 Å². The van der Waals surface area contributed by atoms with E-state index in [2.05, 4.69) is 15.2 Å². The lowest BCUT2D eigenvalue weighted by atomic mass is 10.1. The third kappa shape index (κ3) is 4.28. The van der Waals surface area contributed by atoms with Crippen LogP contribution < -0.4 is 5.32 Å². The minimum atomic E-state index is -0.176. The van der Waals surface area contributed by atoms with Crippen molar-refractivity contribution in [2.75, 3.05) is 31.6 Å². The van der Waals surface area contributed by atoms with Crippen LogP contribution in [0.3, 0.4) is 0 Å². The van der Waals surface area contributed by atoms with Gasteiger partial charge in [-0.05, 0) is 29.8 Å². The number of nitrogens with one attached hydrogen (secondary N) is 1. The quantitative estimate of drug-likeness (QED) is 0.936. The molecule has 1 fully saturated rings. The Balaban J connectivity index is 1.65. The van der Waals surface area contributed by atoms with E-state index in [1.165, 1.54) is 0 Å². The highest BCUT2D eigenvalue weighted by Gasteiger charge is 2.13. The lowest BCUT2D eigenvalue weighted by Gasteiger charge is -2.27. The first-order valence-corrected chi connectivity index (χ1v) is 7.90. The van der Waals surface area contributed by atoms with Crippen molar-refractivity contribution >= 4 is 23.2 Å². The first-order valence-electron chi connectivity index (χ1n) is 7.52. The standard InChI is InChI=1S/C17H18ClN3O2/c18-16-11-15(20-17(22)13-3-5-19-6-4-13)2-1-14(16)12-21-7-9-23-10-8-21/h1-6,11H,7-10,12H2,(H,20,22). The number of ether oxygens (including phenoxy) is 1. The lowest BCUT2D eigenvalue weighted by Crippen LogP contribution is -2.35. The molecule has 0 spiro atoms. The maximum atomic E-state index is 12.1. The second kappa shape index (κ2) is 7.55. The Labute approximate surface area is 140 Å². The molecule has 5 nitrogen and oxygen atoms in total. The first kappa shape index (κ1) is 15.9. The molecule has 120 valence electrons. The van der Waals surface area contributed by atoms with Crippen LogP contribution in [0.15, 0.2) is 42.7 Å². The van der Waals surface area contributed by atoms with E-state index in [1.54, 1.807) is 30.6 Å². The molecule has 1 N–H and O–H groups in total. The van der Waals surface area contributed by atoms with Crippen LogP contribution in [0.1, 0.15) is 15.9 Å². The third-order valence-corrected chi connectivity index (χ3v) is 4.10. The summed E-state index contributed by atoms with van der Waals surface area (Å²) in [6.45, 7) is 4.14. The molecule has 6 heteroatoms. The topological polar surface area (TPSA) is 54.5 Å². The summed E-state index contributed by atoms with van der Waals surface area (Å²) in [6.07, 6.45) is 3.18. The molecule has 0 aliphatic carbocycles. The molecule has 2 aromatic rings. The number of amides is 1. The molecule has 0 saturated carbocycles. The Kier molecular flexibility index (Phi) is 5.23. The summed E-state index contributed by atoms with van der Waals surface area (Å²) in [7, 11) is 0. The zero-order valence-electron chi connectivity index (χ0n) is 12.7. The summed E-state index contributed by atoms with van der Waals surface area (Å²) in [6, 6.07) is 8.96. The minimum Gasteiger partial charge on any atom is -0.379 e. The zero-order valence-corrected chi connectivity index (χ0v) is 13.4. The predicted molar refractivity (Wildman–Crippen MR) is 89.7 cm³/mol. The number of carbonyl (C=O) groups excluding carboxylic acids is 1. The van der Waals surface area contributed by atoms with E-state index in [9.17, 15) is 4.79 Å². The molecule has 0 unspecified atom stereocenters. The minimum absolute atomic E-state index is 0.176. The fourth-order valence-corrected chi connectivity index (χ4v) is 2.70. The van der Waals surface area contributed by atoms with Crippen LogP contribution in [-0.2, 0) is 11.3 Å². The number of halogens is 1. The highest BCUT2D eigenvalue weighted by molar-refractivity contribution is 6.31. The molecule has 1 aromatic heterocycles. The van der Waals surface area contributed by atoms with Crippen molar-refractivity contribution in [1.82, 2.24) is 9.88 Å². The van der Waals surface area contributed by atoms with Gasteiger partial charge in [-0.1, -0.05) is 17.7 Å². The Bertz CT molecular complexity index is 673. The van der Waals surface area contributed by atoms with E-state index in [4.69, 9.17) is 16.3 Å². The van der Waals surface area contributed by atoms with Crippen molar-refractivity contribution in [3.8, 4) is 0 Å². The molecule has 1 aromatic carbocycles. The fraction of sp³-hybridized carbons (Fsp3) is 0.294. The monoisotopic (exact) mass is 331 g/mol. The van der Waals surface area contributed by atoms with E-state index in [0.29, 0.717) is 16.3 Å². The van der Waals surface area contributed by atoms with Gasteiger partial charge in [0.1, 0.15) is 0 Å². The van der Waals surface area contributed by atoms with Gasteiger partial charge < -0.3 is 10.1 Å². The summed E-state index contributed by atoms with van der Waals surface area (Å²) < 4.78 is 5.35. The van der Waals surface area contributed by atoms with Gasteiger partial charge in [-0.2, -0.15) is 0 Å².